The monoisotopic (exact) mass is 451 g/mol. The Bertz CT molecular complexity index is 844. The van der Waals surface area contributed by atoms with Gasteiger partial charge in [0.05, 0.1) is 13.2 Å². The number of esters is 1. The summed E-state index contributed by atoms with van der Waals surface area (Å²) in [5, 5.41) is 10.7. The quantitative estimate of drug-likeness (QED) is 0.206. The highest BCUT2D eigenvalue weighted by Gasteiger charge is 2.23. The Kier molecular flexibility index (Phi) is 10.6. The lowest BCUT2D eigenvalue weighted by Gasteiger charge is -2.21. The van der Waals surface area contributed by atoms with Crippen molar-refractivity contribution in [3.63, 3.8) is 0 Å². The third-order valence-corrected chi connectivity index (χ3v) is 4.88. The van der Waals surface area contributed by atoms with Gasteiger partial charge in [-0.15, -0.1) is 24.2 Å². The van der Waals surface area contributed by atoms with Crippen LogP contribution in [-0.4, -0.2) is 31.3 Å². The minimum absolute atomic E-state index is 0. The summed E-state index contributed by atoms with van der Waals surface area (Å²) in [6.45, 7) is 6.92. The number of carbonyl (C=O) groups excluding carboxylic acids is 1. The number of anilines is 1. The average molecular weight is 452 g/mol. The summed E-state index contributed by atoms with van der Waals surface area (Å²) in [6, 6.07) is 12.1. The van der Waals surface area contributed by atoms with Crippen LogP contribution in [0.15, 0.2) is 47.4 Å². The first-order chi connectivity index (χ1) is 13.8. The van der Waals surface area contributed by atoms with Gasteiger partial charge < -0.3 is 20.5 Å². The van der Waals surface area contributed by atoms with E-state index in [1.54, 1.807) is 43.0 Å². The van der Waals surface area contributed by atoms with E-state index in [0.29, 0.717) is 24.7 Å². The number of hydrogen-bond donors (Lipinski definition) is 3. The lowest BCUT2D eigenvalue weighted by molar-refractivity contribution is -0.144. The molecule has 0 bridgehead atoms. The molecule has 164 valence electrons. The lowest BCUT2D eigenvalue weighted by atomic mass is 10.1. The first-order valence-electron chi connectivity index (χ1n) is 9.54. The maximum atomic E-state index is 12.6. The van der Waals surface area contributed by atoms with Crippen LogP contribution in [0.4, 0.5) is 5.69 Å². The summed E-state index contributed by atoms with van der Waals surface area (Å²) >= 11 is 1.57. The second-order valence-electron chi connectivity index (χ2n) is 6.94. The van der Waals surface area contributed by atoms with E-state index in [1.807, 2.05) is 24.5 Å². The third-order valence-electron chi connectivity index (χ3n) is 4.12. The van der Waals surface area contributed by atoms with E-state index in [-0.39, 0.29) is 24.2 Å². The molecule has 2 aromatic carbocycles. The third kappa shape index (κ3) is 7.15. The largest absolute Gasteiger partial charge is 0.492 e. The molecule has 0 spiro atoms. The molecule has 2 rings (SSSR count). The first kappa shape index (κ1) is 25.7. The van der Waals surface area contributed by atoms with E-state index in [4.69, 9.17) is 20.6 Å². The number of halogens is 1. The molecular weight excluding hydrogens is 422 g/mol. The van der Waals surface area contributed by atoms with Gasteiger partial charge in [0.25, 0.3) is 0 Å². The van der Waals surface area contributed by atoms with Crippen LogP contribution in [0.3, 0.4) is 0 Å². The van der Waals surface area contributed by atoms with E-state index < -0.39 is 6.04 Å². The molecule has 0 amide bonds. The van der Waals surface area contributed by atoms with Crippen LogP contribution in [0, 0.1) is 11.3 Å². The number of ether oxygens (including phenoxy) is 2. The van der Waals surface area contributed by atoms with E-state index in [0.717, 1.165) is 21.9 Å². The SMILES string of the molecule is CCOC(=O)C(Nc1ccc(C(=N)N)cc1)c1ccc(OCC(C)C)c(SC)c1.Cl. The summed E-state index contributed by atoms with van der Waals surface area (Å²) < 4.78 is 11.2. The molecule has 4 N–H and O–H groups in total. The van der Waals surface area contributed by atoms with Crippen molar-refractivity contribution in [3.05, 3.63) is 53.6 Å². The van der Waals surface area contributed by atoms with Crippen LogP contribution >= 0.6 is 24.2 Å². The highest BCUT2D eigenvalue weighted by Crippen LogP contribution is 2.32. The molecule has 0 aromatic heterocycles. The molecule has 0 aliphatic rings. The molecule has 0 saturated heterocycles. The average Bonchev–Trinajstić information content (AvgIpc) is 2.70. The Morgan fingerprint density at radius 1 is 1.20 bits per heavy atom. The van der Waals surface area contributed by atoms with Crippen molar-refractivity contribution in [3.8, 4) is 5.75 Å². The van der Waals surface area contributed by atoms with Crippen molar-refractivity contribution < 1.29 is 14.3 Å². The molecule has 2 aromatic rings. The van der Waals surface area contributed by atoms with Crippen molar-refractivity contribution >= 4 is 41.7 Å². The molecule has 1 unspecified atom stereocenters. The predicted octanol–water partition coefficient (Wildman–Crippen LogP) is 4.87. The van der Waals surface area contributed by atoms with Crippen LogP contribution in [0.1, 0.15) is 37.9 Å². The fraction of sp³-hybridized carbons (Fsp3) is 0.364. The van der Waals surface area contributed by atoms with Crippen LogP contribution in [0.25, 0.3) is 0 Å². The molecule has 30 heavy (non-hydrogen) atoms. The van der Waals surface area contributed by atoms with Gasteiger partial charge in [0, 0.05) is 16.1 Å². The van der Waals surface area contributed by atoms with Crippen LogP contribution in [0.5, 0.6) is 5.75 Å². The molecule has 0 fully saturated rings. The molecular formula is C22H30ClN3O3S. The number of thioether (sulfide) groups is 1. The van der Waals surface area contributed by atoms with Crippen molar-refractivity contribution in [2.75, 3.05) is 24.8 Å². The lowest BCUT2D eigenvalue weighted by Crippen LogP contribution is -2.23. The molecule has 0 heterocycles. The maximum absolute atomic E-state index is 12.6. The number of nitrogens with one attached hydrogen (secondary N) is 2. The molecule has 0 saturated carbocycles. The number of hydrogen-bond acceptors (Lipinski definition) is 6. The zero-order valence-corrected chi connectivity index (χ0v) is 19.4. The number of amidine groups is 1. The Morgan fingerprint density at radius 2 is 1.87 bits per heavy atom. The topological polar surface area (TPSA) is 97.4 Å². The predicted molar refractivity (Wildman–Crippen MR) is 126 cm³/mol. The molecule has 8 heteroatoms. The summed E-state index contributed by atoms with van der Waals surface area (Å²) in [5.41, 5.74) is 7.66. The molecule has 0 aliphatic heterocycles. The van der Waals surface area contributed by atoms with Gasteiger partial charge in [0.1, 0.15) is 11.6 Å². The van der Waals surface area contributed by atoms with Gasteiger partial charge >= 0.3 is 5.97 Å². The van der Waals surface area contributed by atoms with E-state index in [9.17, 15) is 4.79 Å². The van der Waals surface area contributed by atoms with Crippen molar-refractivity contribution in [1.82, 2.24) is 0 Å². The number of rotatable bonds is 10. The Hall–Kier alpha value is -2.38. The van der Waals surface area contributed by atoms with Crippen LogP contribution in [0.2, 0.25) is 0 Å². The Labute approximate surface area is 188 Å². The van der Waals surface area contributed by atoms with Crippen LogP contribution < -0.4 is 15.8 Å². The van der Waals surface area contributed by atoms with E-state index >= 15 is 0 Å². The summed E-state index contributed by atoms with van der Waals surface area (Å²) in [5.74, 6) is 0.880. The van der Waals surface area contributed by atoms with Gasteiger partial charge in [0.15, 0.2) is 6.04 Å². The Morgan fingerprint density at radius 3 is 2.40 bits per heavy atom. The molecule has 0 radical (unpaired) electrons. The van der Waals surface area contributed by atoms with Crippen molar-refractivity contribution in [1.29, 1.82) is 5.41 Å². The van der Waals surface area contributed by atoms with Crippen LogP contribution in [-0.2, 0) is 9.53 Å². The van der Waals surface area contributed by atoms with Gasteiger partial charge in [-0.2, -0.15) is 0 Å². The number of nitrogen functional groups attached to an aromatic ring is 1. The molecule has 1 atom stereocenters. The molecule has 6 nitrogen and oxygen atoms in total. The normalized spacial score (nSPS) is 11.4. The minimum atomic E-state index is -0.664. The first-order valence-corrected chi connectivity index (χ1v) is 10.8. The zero-order valence-electron chi connectivity index (χ0n) is 17.7. The number of benzene rings is 2. The highest BCUT2D eigenvalue weighted by molar-refractivity contribution is 7.98. The van der Waals surface area contributed by atoms with Gasteiger partial charge in [-0.05, 0) is 61.1 Å². The van der Waals surface area contributed by atoms with E-state index in [1.165, 1.54) is 0 Å². The second-order valence-corrected chi connectivity index (χ2v) is 7.78. The fourth-order valence-electron chi connectivity index (χ4n) is 2.66. The summed E-state index contributed by atoms with van der Waals surface area (Å²) in [4.78, 5) is 13.6. The summed E-state index contributed by atoms with van der Waals surface area (Å²) in [6.07, 6.45) is 1.98. The van der Waals surface area contributed by atoms with Gasteiger partial charge in [-0.3, -0.25) is 5.41 Å². The highest BCUT2D eigenvalue weighted by atomic mass is 35.5. The van der Waals surface area contributed by atoms with Gasteiger partial charge in [-0.25, -0.2) is 4.79 Å². The number of nitrogens with two attached hydrogens (primary N) is 1. The zero-order chi connectivity index (χ0) is 21.4. The second kappa shape index (κ2) is 12.3. The van der Waals surface area contributed by atoms with E-state index in [2.05, 4.69) is 19.2 Å². The fourth-order valence-corrected chi connectivity index (χ4v) is 3.24. The minimum Gasteiger partial charge on any atom is -0.492 e. The van der Waals surface area contributed by atoms with Crippen molar-refractivity contribution in [2.24, 2.45) is 11.7 Å². The smallest absolute Gasteiger partial charge is 0.333 e. The standard InChI is InChI=1S/C22H29N3O3S.ClH/c1-5-27-22(26)20(25-17-9-6-15(7-10-17)21(23)24)16-8-11-18(19(12-16)29-4)28-13-14(2)3;/h6-12,14,20,25H,5,13H2,1-4H3,(H3,23,24);1H. The van der Waals surface area contributed by atoms with Gasteiger partial charge in [0.2, 0.25) is 0 Å². The molecule has 0 aliphatic carbocycles. The maximum Gasteiger partial charge on any atom is 0.333 e. The summed E-state index contributed by atoms with van der Waals surface area (Å²) in [7, 11) is 0. The Balaban J connectivity index is 0.00000450. The van der Waals surface area contributed by atoms with Gasteiger partial charge in [-0.1, -0.05) is 19.9 Å². The van der Waals surface area contributed by atoms with Crippen molar-refractivity contribution in [2.45, 2.75) is 31.7 Å². The number of carbonyl (C=O) groups is 1.